The number of carbonyl (C=O) groups is 2. The number of ketones is 1. The van der Waals surface area contributed by atoms with E-state index in [1.807, 2.05) is 13.0 Å². The first kappa shape index (κ1) is 24.6. The predicted molar refractivity (Wildman–Crippen MR) is 127 cm³/mol. The van der Waals surface area contributed by atoms with Gasteiger partial charge in [-0.1, -0.05) is 11.6 Å². The molecule has 1 saturated heterocycles. The van der Waals surface area contributed by atoms with Crippen molar-refractivity contribution in [1.82, 2.24) is 4.90 Å². The molecule has 176 valence electrons. The fraction of sp³-hybridized carbons (Fsp3) is 0.360. The number of benzene rings is 2. The van der Waals surface area contributed by atoms with Crippen molar-refractivity contribution in [2.75, 3.05) is 40.5 Å². The number of amides is 1. The summed E-state index contributed by atoms with van der Waals surface area (Å²) in [5.74, 6) is 1.48. The van der Waals surface area contributed by atoms with Crippen LogP contribution >= 0.6 is 11.6 Å². The number of aryl methyl sites for hydroxylation is 1. The lowest BCUT2D eigenvalue weighted by Gasteiger charge is -2.32. The van der Waals surface area contributed by atoms with E-state index >= 15 is 0 Å². The topological polar surface area (TPSA) is 74.3 Å². The van der Waals surface area contributed by atoms with Gasteiger partial charge in [-0.3, -0.25) is 9.59 Å². The summed E-state index contributed by atoms with van der Waals surface area (Å²) in [5.41, 5.74) is 2.19. The minimum atomic E-state index is -0.256. The third-order valence-corrected chi connectivity index (χ3v) is 5.77. The molecule has 0 spiro atoms. The minimum Gasteiger partial charge on any atom is -0.493 e. The van der Waals surface area contributed by atoms with Crippen LogP contribution in [0.15, 0.2) is 36.4 Å². The van der Waals surface area contributed by atoms with Crippen LogP contribution in [0, 0.1) is 6.92 Å². The van der Waals surface area contributed by atoms with Crippen LogP contribution in [0.1, 0.15) is 28.4 Å². The van der Waals surface area contributed by atoms with Crippen LogP contribution in [-0.4, -0.2) is 63.2 Å². The van der Waals surface area contributed by atoms with Crippen molar-refractivity contribution in [2.45, 2.75) is 20.0 Å². The van der Waals surface area contributed by atoms with E-state index in [0.717, 1.165) is 5.56 Å². The van der Waals surface area contributed by atoms with Gasteiger partial charge in [0.25, 0.3) is 0 Å². The van der Waals surface area contributed by atoms with Crippen molar-refractivity contribution in [3.63, 3.8) is 0 Å². The van der Waals surface area contributed by atoms with Crippen LogP contribution in [-0.2, 0) is 9.53 Å². The Morgan fingerprint density at radius 2 is 2.00 bits per heavy atom. The molecule has 0 aromatic heterocycles. The maximum absolute atomic E-state index is 12.7. The summed E-state index contributed by atoms with van der Waals surface area (Å²) in [4.78, 5) is 26.0. The highest BCUT2D eigenvalue weighted by Crippen LogP contribution is 2.37. The number of rotatable bonds is 8. The van der Waals surface area contributed by atoms with Gasteiger partial charge in [-0.15, -0.1) is 0 Å². The van der Waals surface area contributed by atoms with E-state index in [4.69, 9.17) is 30.5 Å². The molecule has 0 aliphatic carbocycles. The Kier molecular flexibility index (Phi) is 8.36. The van der Waals surface area contributed by atoms with E-state index < -0.39 is 0 Å². The Morgan fingerprint density at radius 1 is 1.21 bits per heavy atom. The van der Waals surface area contributed by atoms with Gasteiger partial charge in [0, 0.05) is 18.2 Å². The second-order valence-electron chi connectivity index (χ2n) is 7.66. The summed E-state index contributed by atoms with van der Waals surface area (Å²) in [6.45, 7) is 5.04. The quantitative estimate of drug-likeness (QED) is 0.423. The number of Topliss-reactive ketones (excluding diaryl/α,β-unsaturated/α-hetero) is 1. The van der Waals surface area contributed by atoms with Gasteiger partial charge in [-0.2, -0.15) is 0 Å². The van der Waals surface area contributed by atoms with Crippen molar-refractivity contribution in [2.24, 2.45) is 0 Å². The molecular formula is C25H28ClNO6. The number of nitrogens with zero attached hydrogens (tertiary/aromatic N) is 1. The molecule has 8 heteroatoms. The van der Waals surface area contributed by atoms with E-state index in [0.29, 0.717) is 59.7 Å². The molecular weight excluding hydrogens is 446 g/mol. The molecule has 1 aliphatic rings. The Labute approximate surface area is 198 Å². The first-order valence-corrected chi connectivity index (χ1v) is 10.9. The van der Waals surface area contributed by atoms with Gasteiger partial charge in [0.15, 0.2) is 17.3 Å². The highest BCUT2D eigenvalue weighted by molar-refractivity contribution is 6.33. The monoisotopic (exact) mass is 473 g/mol. The van der Waals surface area contributed by atoms with Crippen LogP contribution < -0.4 is 14.2 Å². The van der Waals surface area contributed by atoms with E-state index in [2.05, 4.69) is 0 Å². The molecule has 2 aromatic rings. The number of ether oxygens (including phenoxy) is 4. The second-order valence-corrected chi connectivity index (χ2v) is 8.04. The number of methoxy groups -OCH3 is 2. The fourth-order valence-electron chi connectivity index (χ4n) is 3.63. The number of carbonyl (C=O) groups excluding carboxylic acids is 2. The van der Waals surface area contributed by atoms with Gasteiger partial charge >= 0.3 is 0 Å². The van der Waals surface area contributed by atoms with E-state index in [1.165, 1.54) is 27.2 Å². The standard InChI is InChI=1S/C25H28ClNO6/c1-16-13-19(7-8-21(16)17(2)28)33-15-20-14-27(11-12-32-20)23(29)10-6-18-5-9-22(30-3)25(31-4)24(18)26/h5-10,13,20H,11-12,14-15H2,1-4H3. The van der Waals surface area contributed by atoms with E-state index in [1.54, 1.807) is 35.2 Å². The van der Waals surface area contributed by atoms with Crippen LogP contribution in [0.5, 0.6) is 17.2 Å². The molecule has 0 N–H and O–H groups in total. The first-order valence-electron chi connectivity index (χ1n) is 10.6. The van der Waals surface area contributed by atoms with Gasteiger partial charge in [0.05, 0.1) is 32.4 Å². The predicted octanol–water partition coefficient (Wildman–Crippen LogP) is 4.19. The Bertz CT molecular complexity index is 1050. The second kappa shape index (κ2) is 11.2. The molecule has 1 fully saturated rings. The average Bonchev–Trinajstić information content (AvgIpc) is 2.81. The lowest BCUT2D eigenvalue weighted by molar-refractivity contribution is -0.134. The fourth-order valence-corrected chi connectivity index (χ4v) is 3.93. The molecule has 1 aliphatic heterocycles. The summed E-state index contributed by atoms with van der Waals surface area (Å²) in [6.07, 6.45) is 2.89. The zero-order chi connectivity index (χ0) is 24.0. The highest BCUT2D eigenvalue weighted by atomic mass is 35.5. The van der Waals surface area contributed by atoms with Crippen molar-refractivity contribution in [3.8, 4) is 17.2 Å². The molecule has 0 saturated carbocycles. The summed E-state index contributed by atoms with van der Waals surface area (Å²) in [6, 6.07) is 8.86. The SMILES string of the molecule is COc1ccc(C=CC(=O)N2CCOC(COc3ccc(C(C)=O)c(C)c3)C2)c(Cl)c1OC. The van der Waals surface area contributed by atoms with Crippen LogP contribution in [0.4, 0.5) is 0 Å². The molecule has 2 aromatic carbocycles. The van der Waals surface area contributed by atoms with Gasteiger partial charge in [-0.25, -0.2) is 0 Å². The Balaban J connectivity index is 1.59. The number of morpholine rings is 1. The molecule has 3 rings (SSSR count). The maximum atomic E-state index is 12.7. The van der Waals surface area contributed by atoms with Crippen LogP contribution in [0.2, 0.25) is 5.02 Å². The molecule has 1 amide bonds. The lowest BCUT2D eigenvalue weighted by atomic mass is 10.1. The van der Waals surface area contributed by atoms with Crippen LogP contribution in [0.25, 0.3) is 6.08 Å². The summed E-state index contributed by atoms with van der Waals surface area (Å²) in [7, 11) is 3.05. The third kappa shape index (κ3) is 6.06. The van der Waals surface area contributed by atoms with Crippen molar-refractivity contribution >= 4 is 29.4 Å². The lowest BCUT2D eigenvalue weighted by Crippen LogP contribution is -2.47. The maximum Gasteiger partial charge on any atom is 0.246 e. The molecule has 7 nitrogen and oxygen atoms in total. The van der Waals surface area contributed by atoms with E-state index in [-0.39, 0.29) is 17.8 Å². The van der Waals surface area contributed by atoms with Gasteiger partial charge in [-0.05, 0) is 61.4 Å². The van der Waals surface area contributed by atoms with Gasteiger partial charge in [0.1, 0.15) is 18.5 Å². The average molecular weight is 474 g/mol. The highest BCUT2D eigenvalue weighted by Gasteiger charge is 2.24. The number of hydrogen-bond donors (Lipinski definition) is 0. The first-order chi connectivity index (χ1) is 15.8. The minimum absolute atomic E-state index is 0.0197. The molecule has 33 heavy (non-hydrogen) atoms. The molecule has 1 heterocycles. The molecule has 0 bridgehead atoms. The van der Waals surface area contributed by atoms with Gasteiger partial charge in [0.2, 0.25) is 5.91 Å². The summed E-state index contributed by atoms with van der Waals surface area (Å²) in [5, 5.41) is 0.375. The van der Waals surface area contributed by atoms with Crippen molar-refractivity contribution < 1.29 is 28.5 Å². The van der Waals surface area contributed by atoms with Crippen LogP contribution in [0.3, 0.4) is 0 Å². The Hall–Kier alpha value is -3.03. The largest absolute Gasteiger partial charge is 0.493 e. The normalized spacial score (nSPS) is 16.0. The Morgan fingerprint density at radius 3 is 2.67 bits per heavy atom. The van der Waals surface area contributed by atoms with Gasteiger partial charge < -0.3 is 23.8 Å². The third-order valence-electron chi connectivity index (χ3n) is 5.38. The number of halogens is 1. The summed E-state index contributed by atoms with van der Waals surface area (Å²) >= 11 is 6.39. The van der Waals surface area contributed by atoms with Crippen molar-refractivity contribution in [3.05, 3.63) is 58.1 Å². The smallest absolute Gasteiger partial charge is 0.246 e. The van der Waals surface area contributed by atoms with E-state index in [9.17, 15) is 9.59 Å². The zero-order valence-electron chi connectivity index (χ0n) is 19.2. The molecule has 1 atom stereocenters. The molecule has 1 unspecified atom stereocenters. The van der Waals surface area contributed by atoms with Crippen molar-refractivity contribution in [1.29, 1.82) is 0 Å². The molecule has 0 radical (unpaired) electrons. The zero-order valence-corrected chi connectivity index (χ0v) is 20.0. The number of hydrogen-bond acceptors (Lipinski definition) is 6. The summed E-state index contributed by atoms with van der Waals surface area (Å²) < 4.78 is 22.1.